The maximum Gasteiger partial charge on any atom is 0.237 e. The monoisotopic (exact) mass is 323 g/mol. The third kappa shape index (κ3) is 2.82. The molecular weight excluding hydrogens is 314 g/mol. The minimum Gasteiger partial charge on any atom is -0.398 e. The second kappa shape index (κ2) is 5.87. The summed E-state index contributed by atoms with van der Waals surface area (Å²) in [6.45, 7) is 0. The fourth-order valence-electron chi connectivity index (χ4n) is 1.63. The van der Waals surface area contributed by atoms with Crippen molar-refractivity contribution in [1.29, 1.82) is 0 Å². The van der Waals surface area contributed by atoms with Gasteiger partial charge < -0.3 is 10.3 Å². The summed E-state index contributed by atoms with van der Waals surface area (Å²) in [5, 5.41) is 6.57. The minimum absolute atomic E-state index is 0.534. The molecule has 0 aliphatic heterocycles. The Labute approximate surface area is 129 Å². The molecule has 0 aliphatic carbocycles. The van der Waals surface area contributed by atoms with Gasteiger partial charge in [0.15, 0.2) is 0 Å². The number of hydrogen-bond acceptors (Lipinski definition) is 6. The molecule has 0 amide bonds. The Hall–Kier alpha value is -1.50. The minimum atomic E-state index is 0.534. The molecule has 3 aromatic rings. The molecule has 0 saturated carbocycles. The first-order valence-corrected chi connectivity index (χ1v) is 8.01. The van der Waals surface area contributed by atoms with E-state index in [1.807, 2.05) is 35.7 Å². The van der Waals surface area contributed by atoms with E-state index in [2.05, 4.69) is 10.1 Å². The Kier molecular flexibility index (Phi) is 3.95. The highest BCUT2D eigenvalue weighted by atomic mass is 35.5. The van der Waals surface area contributed by atoms with Gasteiger partial charge >= 0.3 is 0 Å². The van der Waals surface area contributed by atoms with E-state index in [-0.39, 0.29) is 0 Å². The molecule has 0 atom stereocenters. The first-order chi connectivity index (χ1) is 9.74. The van der Waals surface area contributed by atoms with Crippen LogP contribution in [0, 0.1) is 0 Å². The third-order valence-corrected chi connectivity index (χ3v) is 4.98. The van der Waals surface area contributed by atoms with Gasteiger partial charge in [0.2, 0.25) is 11.7 Å². The van der Waals surface area contributed by atoms with E-state index >= 15 is 0 Å². The van der Waals surface area contributed by atoms with Gasteiger partial charge in [0, 0.05) is 10.6 Å². The Morgan fingerprint density at radius 3 is 2.95 bits per heavy atom. The van der Waals surface area contributed by atoms with E-state index < -0.39 is 0 Å². The van der Waals surface area contributed by atoms with Crippen molar-refractivity contribution < 1.29 is 4.52 Å². The summed E-state index contributed by atoms with van der Waals surface area (Å²) in [6, 6.07) is 9.36. The van der Waals surface area contributed by atoms with Crippen LogP contribution in [0.1, 0.15) is 5.89 Å². The number of halogens is 1. The second-order valence-electron chi connectivity index (χ2n) is 3.94. The molecular formula is C13H10ClN3OS2. The van der Waals surface area contributed by atoms with Gasteiger partial charge in [0.05, 0.1) is 15.7 Å². The molecule has 7 heteroatoms. The van der Waals surface area contributed by atoms with Crippen molar-refractivity contribution in [2.24, 2.45) is 0 Å². The SMILES string of the molecule is Nc1cccc(Cl)c1SCc1nc(-c2cccs2)no1. The van der Waals surface area contributed by atoms with E-state index in [4.69, 9.17) is 21.9 Å². The highest BCUT2D eigenvalue weighted by molar-refractivity contribution is 7.98. The van der Waals surface area contributed by atoms with E-state index in [0.29, 0.717) is 28.2 Å². The van der Waals surface area contributed by atoms with Crippen LogP contribution in [-0.2, 0) is 5.75 Å². The largest absolute Gasteiger partial charge is 0.398 e. The lowest BCUT2D eigenvalue weighted by molar-refractivity contribution is 0.392. The number of nitrogen functional groups attached to an aromatic ring is 1. The van der Waals surface area contributed by atoms with E-state index in [0.717, 1.165) is 9.77 Å². The van der Waals surface area contributed by atoms with Gasteiger partial charge in [-0.2, -0.15) is 4.98 Å². The van der Waals surface area contributed by atoms with E-state index in [1.165, 1.54) is 11.8 Å². The number of nitrogens with zero attached hydrogens (tertiary/aromatic N) is 2. The Morgan fingerprint density at radius 1 is 1.30 bits per heavy atom. The molecule has 0 aliphatic rings. The van der Waals surface area contributed by atoms with Crippen LogP contribution in [0.3, 0.4) is 0 Å². The number of aromatic nitrogens is 2. The topological polar surface area (TPSA) is 64.9 Å². The van der Waals surface area contributed by atoms with Crippen LogP contribution in [0.15, 0.2) is 45.1 Å². The van der Waals surface area contributed by atoms with Gasteiger partial charge in [-0.15, -0.1) is 23.1 Å². The average Bonchev–Trinajstić information content (AvgIpc) is 3.09. The number of nitrogens with two attached hydrogens (primary N) is 1. The summed E-state index contributed by atoms with van der Waals surface area (Å²) in [7, 11) is 0. The quantitative estimate of drug-likeness (QED) is 0.572. The molecule has 2 N–H and O–H groups in total. The first-order valence-electron chi connectivity index (χ1n) is 5.77. The lowest BCUT2D eigenvalue weighted by atomic mass is 10.3. The molecule has 0 bridgehead atoms. The van der Waals surface area contributed by atoms with Gasteiger partial charge in [-0.25, -0.2) is 0 Å². The summed E-state index contributed by atoms with van der Waals surface area (Å²) in [6.07, 6.45) is 0. The predicted octanol–water partition coefficient (Wildman–Crippen LogP) is 4.33. The average molecular weight is 324 g/mol. The molecule has 3 rings (SSSR count). The Balaban J connectivity index is 1.73. The summed E-state index contributed by atoms with van der Waals surface area (Å²) < 4.78 is 5.23. The smallest absolute Gasteiger partial charge is 0.237 e. The molecule has 0 radical (unpaired) electrons. The van der Waals surface area contributed by atoms with Crippen LogP contribution < -0.4 is 5.73 Å². The van der Waals surface area contributed by atoms with Crippen molar-refractivity contribution in [3.63, 3.8) is 0 Å². The fourth-order valence-corrected chi connectivity index (χ4v) is 3.45. The molecule has 102 valence electrons. The van der Waals surface area contributed by atoms with E-state index in [1.54, 1.807) is 11.3 Å². The lowest BCUT2D eigenvalue weighted by Crippen LogP contribution is -1.89. The zero-order chi connectivity index (χ0) is 13.9. The first kappa shape index (κ1) is 13.5. The summed E-state index contributed by atoms with van der Waals surface area (Å²) in [5.41, 5.74) is 6.55. The number of thioether (sulfide) groups is 1. The van der Waals surface area contributed by atoms with Gasteiger partial charge in [0.25, 0.3) is 0 Å². The van der Waals surface area contributed by atoms with Gasteiger partial charge in [0.1, 0.15) is 0 Å². The summed E-state index contributed by atoms with van der Waals surface area (Å²) >= 11 is 9.18. The second-order valence-corrected chi connectivity index (χ2v) is 6.28. The summed E-state index contributed by atoms with van der Waals surface area (Å²) in [4.78, 5) is 6.18. The van der Waals surface area contributed by atoms with Crippen molar-refractivity contribution in [2.45, 2.75) is 10.6 Å². The predicted molar refractivity (Wildman–Crippen MR) is 83.0 cm³/mol. The summed E-state index contributed by atoms with van der Waals surface area (Å²) in [5.74, 6) is 1.70. The normalized spacial score (nSPS) is 10.8. The molecule has 2 aromatic heterocycles. The molecule has 0 fully saturated rings. The molecule has 2 heterocycles. The Bertz CT molecular complexity index is 692. The number of benzene rings is 1. The van der Waals surface area contributed by atoms with Crippen molar-refractivity contribution in [2.75, 3.05) is 5.73 Å². The number of anilines is 1. The number of rotatable bonds is 4. The molecule has 0 saturated heterocycles. The van der Waals surface area contributed by atoms with Crippen LogP contribution in [0.5, 0.6) is 0 Å². The van der Waals surface area contributed by atoms with Gasteiger partial charge in [-0.05, 0) is 23.6 Å². The van der Waals surface area contributed by atoms with E-state index in [9.17, 15) is 0 Å². The molecule has 0 unspecified atom stereocenters. The zero-order valence-electron chi connectivity index (χ0n) is 10.2. The van der Waals surface area contributed by atoms with Crippen LogP contribution in [0.2, 0.25) is 5.02 Å². The highest BCUT2D eigenvalue weighted by Crippen LogP contribution is 2.34. The molecule has 0 spiro atoms. The van der Waals surface area contributed by atoms with Crippen molar-refractivity contribution in [1.82, 2.24) is 10.1 Å². The molecule has 20 heavy (non-hydrogen) atoms. The fraction of sp³-hybridized carbons (Fsp3) is 0.0769. The van der Waals surface area contributed by atoms with Gasteiger partial charge in [-0.3, -0.25) is 0 Å². The maximum atomic E-state index is 6.12. The molecule has 4 nitrogen and oxygen atoms in total. The molecule has 1 aromatic carbocycles. The number of thiophene rings is 1. The van der Waals surface area contributed by atoms with Crippen LogP contribution in [0.25, 0.3) is 10.7 Å². The van der Waals surface area contributed by atoms with Crippen molar-refractivity contribution in [3.8, 4) is 10.7 Å². The Morgan fingerprint density at radius 2 is 2.20 bits per heavy atom. The van der Waals surface area contributed by atoms with Crippen LogP contribution >= 0.6 is 34.7 Å². The lowest BCUT2D eigenvalue weighted by Gasteiger charge is -2.05. The maximum absolute atomic E-state index is 6.12. The van der Waals surface area contributed by atoms with Crippen LogP contribution in [-0.4, -0.2) is 10.1 Å². The van der Waals surface area contributed by atoms with Crippen molar-refractivity contribution >= 4 is 40.4 Å². The van der Waals surface area contributed by atoms with Crippen LogP contribution in [0.4, 0.5) is 5.69 Å². The number of hydrogen-bond donors (Lipinski definition) is 1. The highest BCUT2D eigenvalue weighted by Gasteiger charge is 2.11. The zero-order valence-corrected chi connectivity index (χ0v) is 12.6. The standard InChI is InChI=1S/C13H10ClN3OS2/c14-8-3-1-4-9(15)12(8)20-7-11-16-13(17-18-11)10-5-2-6-19-10/h1-6H,7,15H2. The van der Waals surface area contributed by atoms with Crippen molar-refractivity contribution in [3.05, 3.63) is 46.6 Å². The van der Waals surface area contributed by atoms with Gasteiger partial charge in [-0.1, -0.05) is 28.9 Å². The third-order valence-electron chi connectivity index (χ3n) is 2.55.